The van der Waals surface area contributed by atoms with Gasteiger partial charge in [-0.1, -0.05) is 57.2 Å². The van der Waals surface area contributed by atoms with E-state index in [0.29, 0.717) is 17.5 Å². The fourth-order valence-corrected chi connectivity index (χ4v) is 4.76. The lowest BCUT2D eigenvalue weighted by Gasteiger charge is -2.34. The molecule has 39 heavy (non-hydrogen) atoms. The van der Waals surface area contributed by atoms with Crippen LogP contribution in [0, 0.1) is 12.3 Å². The van der Waals surface area contributed by atoms with Crippen LogP contribution in [0.4, 0.5) is 8.78 Å². The second kappa shape index (κ2) is 11.7. The first-order valence-electron chi connectivity index (χ1n) is 13.0. The summed E-state index contributed by atoms with van der Waals surface area (Å²) in [6.45, 7) is 6.51. The fraction of sp³-hybridized carbons (Fsp3) is 0.483. The number of phenolic OH excluding ortho intramolecular Hbond substituents is 1. The molecule has 1 aliphatic heterocycles. The van der Waals surface area contributed by atoms with E-state index in [9.17, 15) is 24.6 Å². The van der Waals surface area contributed by atoms with Gasteiger partial charge in [-0.25, -0.2) is 8.78 Å². The largest absolute Gasteiger partial charge is 0.508 e. The molecule has 8 nitrogen and oxygen atoms in total. The Balaban J connectivity index is 1.95. The van der Waals surface area contributed by atoms with Crippen LogP contribution in [0.3, 0.4) is 0 Å². The van der Waals surface area contributed by atoms with E-state index < -0.39 is 53.8 Å². The molecule has 0 aromatic heterocycles. The Morgan fingerprint density at radius 2 is 1.72 bits per heavy atom. The Hall–Kier alpha value is -3.53. The number of halogens is 2. The van der Waals surface area contributed by atoms with Gasteiger partial charge in [0.15, 0.2) is 6.10 Å². The van der Waals surface area contributed by atoms with E-state index in [4.69, 9.17) is 0 Å². The lowest BCUT2D eigenvalue weighted by atomic mass is 9.81. The molecule has 0 radical (unpaired) electrons. The zero-order valence-electron chi connectivity index (χ0n) is 22.9. The van der Waals surface area contributed by atoms with Crippen molar-refractivity contribution in [3.05, 3.63) is 65.2 Å². The third-order valence-corrected chi connectivity index (χ3v) is 7.64. The summed E-state index contributed by atoms with van der Waals surface area (Å²) in [6.07, 6.45) is -1.37. The molecule has 2 aromatic rings. The number of benzene rings is 2. The fourth-order valence-electron chi connectivity index (χ4n) is 4.76. The molecule has 3 rings (SSSR count). The van der Waals surface area contributed by atoms with Crippen molar-refractivity contribution in [2.75, 3.05) is 6.54 Å². The molecular weight excluding hydrogens is 508 g/mol. The molecule has 1 fully saturated rings. The van der Waals surface area contributed by atoms with Crippen LogP contribution in [0.1, 0.15) is 55.6 Å². The predicted molar refractivity (Wildman–Crippen MR) is 142 cm³/mol. The molecule has 1 aliphatic rings. The van der Waals surface area contributed by atoms with Crippen LogP contribution >= 0.6 is 0 Å². The number of phenols is 1. The number of amides is 3. The van der Waals surface area contributed by atoms with Gasteiger partial charge in [-0.3, -0.25) is 14.4 Å². The molecule has 0 saturated carbocycles. The van der Waals surface area contributed by atoms with Crippen molar-refractivity contribution in [1.82, 2.24) is 15.5 Å². The SMILES string of the molecule is CCC(C)NC(=O)[C@@H]1N(C(=O)[C@@H](O)[C@H](Cc2ccccc2)NC(=O)c2cccc(O)c2C)CC(F)(F)C1(C)C. The molecule has 0 spiro atoms. The quantitative estimate of drug-likeness (QED) is 0.386. The summed E-state index contributed by atoms with van der Waals surface area (Å²) in [4.78, 5) is 40.7. The highest BCUT2D eigenvalue weighted by Gasteiger charge is 2.64. The molecule has 0 bridgehead atoms. The molecule has 2 aromatic carbocycles. The van der Waals surface area contributed by atoms with Gasteiger partial charge < -0.3 is 25.7 Å². The van der Waals surface area contributed by atoms with E-state index in [2.05, 4.69) is 10.6 Å². The summed E-state index contributed by atoms with van der Waals surface area (Å²) in [7, 11) is 0. The molecule has 1 saturated heterocycles. The molecule has 1 heterocycles. The lowest BCUT2D eigenvalue weighted by Crippen LogP contribution is -2.58. The second-order valence-corrected chi connectivity index (χ2v) is 10.8. The molecular formula is C29H37F2N3O5. The third kappa shape index (κ3) is 6.21. The zero-order valence-corrected chi connectivity index (χ0v) is 22.9. The number of aliphatic hydroxyl groups excluding tert-OH is 1. The van der Waals surface area contributed by atoms with Crippen LogP contribution in [0.2, 0.25) is 0 Å². The van der Waals surface area contributed by atoms with Gasteiger partial charge >= 0.3 is 0 Å². The highest BCUT2D eigenvalue weighted by molar-refractivity contribution is 5.97. The number of aliphatic hydroxyl groups is 1. The highest BCUT2D eigenvalue weighted by atomic mass is 19.3. The van der Waals surface area contributed by atoms with Crippen LogP contribution in [0.15, 0.2) is 48.5 Å². The standard InChI is InChI=1S/C29H37F2N3O5/c1-6-17(2)32-26(38)24-28(4,5)29(30,31)16-34(24)27(39)23(36)21(15-19-11-8-7-9-12-19)33-25(37)20-13-10-14-22(35)18(20)3/h7-14,17,21,23-24,35-36H,6,15-16H2,1-5H3,(H,32,38)(H,33,37)/t17?,21-,23-,24-/m0/s1. The summed E-state index contributed by atoms with van der Waals surface area (Å²) in [5, 5.41) is 26.6. The number of rotatable bonds is 9. The number of hydrogen-bond acceptors (Lipinski definition) is 5. The lowest BCUT2D eigenvalue weighted by molar-refractivity contribution is -0.148. The Kier molecular flexibility index (Phi) is 9.00. The van der Waals surface area contributed by atoms with E-state index >= 15 is 8.78 Å². The Labute approximate surface area is 227 Å². The maximum atomic E-state index is 15.1. The number of carbonyl (C=O) groups excluding carboxylic acids is 3. The number of carbonyl (C=O) groups is 3. The average molecular weight is 546 g/mol. The molecule has 3 amide bonds. The van der Waals surface area contributed by atoms with Gasteiger partial charge in [0, 0.05) is 17.2 Å². The molecule has 10 heteroatoms. The molecule has 0 aliphatic carbocycles. The maximum absolute atomic E-state index is 15.1. The molecule has 4 N–H and O–H groups in total. The smallest absolute Gasteiger partial charge is 0.272 e. The summed E-state index contributed by atoms with van der Waals surface area (Å²) < 4.78 is 30.3. The van der Waals surface area contributed by atoms with Crippen molar-refractivity contribution >= 4 is 17.7 Å². The predicted octanol–water partition coefficient (Wildman–Crippen LogP) is 3.19. The summed E-state index contributed by atoms with van der Waals surface area (Å²) in [5.74, 6) is -5.98. The van der Waals surface area contributed by atoms with Crippen LogP contribution in [0.5, 0.6) is 5.75 Å². The van der Waals surface area contributed by atoms with E-state index in [1.165, 1.54) is 32.0 Å². The number of aromatic hydroxyl groups is 1. The molecule has 1 unspecified atom stereocenters. The number of hydrogen-bond donors (Lipinski definition) is 4. The Bertz CT molecular complexity index is 1200. The first kappa shape index (κ1) is 30.0. The third-order valence-electron chi connectivity index (χ3n) is 7.64. The van der Waals surface area contributed by atoms with Crippen LogP contribution in [-0.2, 0) is 16.0 Å². The van der Waals surface area contributed by atoms with Crippen molar-refractivity contribution in [2.24, 2.45) is 5.41 Å². The van der Waals surface area contributed by atoms with E-state index in [0.717, 1.165) is 4.90 Å². The van der Waals surface area contributed by atoms with Crippen molar-refractivity contribution in [3.63, 3.8) is 0 Å². The van der Waals surface area contributed by atoms with Gasteiger partial charge in [-0.15, -0.1) is 0 Å². The minimum absolute atomic E-state index is 0.00864. The van der Waals surface area contributed by atoms with E-state index in [1.807, 2.05) is 6.92 Å². The number of nitrogens with one attached hydrogen (secondary N) is 2. The van der Waals surface area contributed by atoms with Gasteiger partial charge in [0.25, 0.3) is 17.7 Å². The number of alkyl halides is 2. The number of nitrogens with zero attached hydrogens (tertiary/aromatic N) is 1. The van der Waals surface area contributed by atoms with Crippen LogP contribution in [0.25, 0.3) is 0 Å². The van der Waals surface area contributed by atoms with Crippen molar-refractivity contribution in [2.45, 2.75) is 77.6 Å². The first-order chi connectivity index (χ1) is 18.2. The summed E-state index contributed by atoms with van der Waals surface area (Å²) >= 11 is 0. The summed E-state index contributed by atoms with van der Waals surface area (Å²) in [5.41, 5.74) is -0.790. The van der Waals surface area contributed by atoms with Crippen molar-refractivity contribution in [3.8, 4) is 5.75 Å². The van der Waals surface area contributed by atoms with E-state index in [1.54, 1.807) is 44.2 Å². The Morgan fingerprint density at radius 1 is 1.08 bits per heavy atom. The van der Waals surface area contributed by atoms with Gasteiger partial charge in [0.2, 0.25) is 5.91 Å². The topological polar surface area (TPSA) is 119 Å². The minimum Gasteiger partial charge on any atom is -0.508 e. The zero-order chi connectivity index (χ0) is 29.1. The maximum Gasteiger partial charge on any atom is 0.272 e. The molecule has 4 atom stereocenters. The van der Waals surface area contributed by atoms with Gasteiger partial charge in [-0.2, -0.15) is 0 Å². The van der Waals surface area contributed by atoms with Crippen molar-refractivity contribution in [1.29, 1.82) is 0 Å². The second-order valence-electron chi connectivity index (χ2n) is 10.8. The van der Waals surface area contributed by atoms with Crippen LogP contribution in [-0.4, -0.2) is 69.5 Å². The molecule has 212 valence electrons. The monoisotopic (exact) mass is 545 g/mol. The summed E-state index contributed by atoms with van der Waals surface area (Å²) in [6, 6.07) is 10.1. The van der Waals surface area contributed by atoms with Crippen molar-refractivity contribution < 1.29 is 33.4 Å². The van der Waals surface area contributed by atoms with Crippen LogP contribution < -0.4 is 10.6 Å². The first-order valence-corrected chi connectivity index (χ1v) is 13.0. The average Bonchev–Trinajstić information content (AvgIpc) is 3.08. The van der Waals surface area contributed by atoms with Gasteiger partial charge in [0.1, 0.15) is 11.8 Å². The Morgan fingerprint density at radius 3 is 2.33 bits per heavy atom. The van der Waals surface area contributed by atoms with E-state index in [-0.39, 0.29) is 23.8 Å². The number of likely N-dealkylation sites (tertiary alicyclic amines) is 1. The normalized spacial score (nSPS) is 20.1. The minimum atomic E-state index is -3.41. The van der Waals surface area contributed by atoms with Gasteiger partial charge in [-0.05, 0) is 44.4 Å². The highest BCUT2D eigenvalue weighted by Crippen LogP contribution is 2.48. The van der Waals surface area contributed by atoms with Gasteiger partial charge in [0.05, 0.1) is 18.0 Å².